The van der Waals surface area contributed by atoms with E-state index < -0.39 is 0 Å². The summed E-state index contributed by atoms with van der Waals surface area (Å²) in [6.07, 6.45) is 4.21. The zero-order chi connectivity index (χ0) is 30.3. The zero-order valence-electron chi connectivity index (χ0n) is 25.2. The highest BCUT2D eigenvalue weighted by atomic mass is 32.1. The van der Waals surface area contributed by atoms with Gasteiger partial charge in [0.05, 0.1) is 0 Å². The van der Waals surface area contributed by atoms with Gasteiger partial charge in [0, 0.05) is 11.2 Å². The Morgan fingerprint density at radius 3 is 1.20 bits per heavy atom. The second-order valence-corrected chi connectivity index (χ2v) is 12.6. The lowest BCUT2D eigenvalue weighted by molar-refractivity contribution is 0.626. The predicted molar refractivity (Wildman–Crippen MR) is 197 cm³/mol. The summed E-state index contributed by atoms with van der Waals surface area (Å²) in [5.41, 5.74) is 12.8. The third kappa shape index (κ3) is 4.54. The van der Waals surface area contributed by atoms with Crippen molar-refractivity contribution in [3.05, 3.63) is 169 Å². The van der Waals surface area contributed by atoms with Gasteiger partial charge in [-0.3, -0.25) is 0 Å². The number of allylic oxidation sites excluding steroid dienone is 1. The van der Waals surface area contributed by atoms with E-state index in [4.69, 9.17) is 12.6 Å². The third-order valence-electron chi connectivity index (χ3n) is 9.53. The van der Waals surface area contributed by atoms with Crippen molar-refractivity contribution in [1.29, 1.82) is 0 Å². The van der Waals surface area contributed by atoms with E-state index in [1.165, 1.54) is 77.2 Å². The summed E-state index contributed by atoms with van der Waals surface area (Å²) >= 11 is 5.38. The molecule has 0 amide bonds. The lowest BCUT2D eigenvalue weighted by atomic mass is 9.70. The first kappa shape index (κ1) is 27.7. The number of hydrogen-bond donors (Lipinski definition) is 1. The van der Waals surface area contributed by atoms with Gasteiger partial charge in [-0.2, -0.15) is 12.6 Å². The Kier molecular flexibility index (Phi) is 7.12. The quantitative estimate of drug-likeness (QED) is 0.114. The molecular formula is C44H34S. The van der Waals surface area contributed by atoms with Crippen molar-refractivity contribution in [1.82, 2.24) is 0 Å². The molecule has 0 nitrogen and oxygen atoms in total. The van der Waals surface area contributed by atoms with Gasteiger partial charge in [0.1, 0.15) is 0 Å². The van der Waals surface area contributed by atoms with E-state index in [-0.39, 0.29) is 11.2 Å². The molecule has 0 fully saturated rings. The van der Waals surface area contributed by atoms with Crippen LogP contribution in [0.25, 0.3) is 66.1 Å². The number of fused-ring (bicyclic) bond motifs is 3. The molecule has 1 aliphatic rings. The molecule has 45 heavy (non-hydrogen) atoms. The van der Waals surface area contributed by atoms with E-state index in [0.29, 0.717) is 0 Å². The molecule has 0 aliphatic heterocycles. The Morgan fingerprint density at radius 1 is 0.444 bits per heavy atom. The molecule has 0 radical (unpaired) electrons. The van der Waals surface area contributed by atoms with Crippen LogP contribution in [0.3, 0.4) is 0 Å². The minimum Gasteiger partial charge on any atom is -0.171 e. The number of rotatable bonds is 5. The van der Waals surface area contributed by atoms with Gasteiger partial charge in [-0.05, 0) is 90.0 Å². The molecule has 2 unspecified atom stereocenters. The second-order valence-electron chi connectivity index (χ2n) is 12.0. The normalized spacial score (nSPS) is 16.0. The van der Waals surface area contributed by atoms with Crippen LogP contribution in [-0.4, -0.2) is 0 Å². The molecule has 7 aromatic carbocycles. The maximum absolute atomic E-state index is 5.38. The largest absolute Gasteiger partial charge is 0.171 e. The van der Waals surface area contributed by atoms with E-state index in [1.807, 2.05) is 0 Å². The van der Waals surface area contributed by atoms with Gasteiger partial charge < -0.3 is 0 Å². The number of hydrogen-bond acceptors (Lipinski definition) is 1. The fraction of sp³-hybridized carbons (Fsp3) is 0.0909. The fourth-order valence-electron chi connectivity index (χ4n) is 7.69. The average molecular weight is 595 g/mol. The van der Waals surface area contributed by atoms with Crippen LogP contribution in [-0.2, 0) is 0 Å². The minimum atomic E-state index is 0.105. The molecule has 0 N–H and O–H groups in total. The number of benzene rings is 7. The molecule has 1 heteroatoms. The maximum Gasteiger partial charge on any atom is 0.0277 e. The SMILES string of the molecule is C=CC1CCC(S)c2c1c(-c1ccccc1)c1c(-c3ccccc3)c3ccccc3c(-c3ccccc3)c1c2-c1ccccc1. The molecule has 8 rings (SSSR count). The minimum absolute atomic E-state index is 0.105. The Bertz CT molecular complexity index is 2160. The lowest BCUT2D eigenvalue weighted by Crippen LogP contribution is -2.15. The molecule has 0 aromatic heterocycles. The molecule has 0 heterocycles. The first-order chi connectivity index (χ1) is 22.3. The highest BCUT2D eigenvalue weighted by Gasteiger charge is 2.34. The summed E-state index contributed by atoms with van der Waals surface area (Å²) < 4.78 is 0. The summed E-state index contributed by atoms with van der Waals surface area (Å²) in [6, 6.07) is 53.0. The van der Waals surface area contributed by atoms with Crippen LogP contribution < -0.4 is 0 Å². The van der Waals surface area contributed by atoms with Crippen molar-refractivity contribution in [2.75, 3.05) is 0 Å². The highest BCUT2D eigenvalue weighted by molar-refractivity contribution is 7.80. The summed E-state index contributed by atoms with van der Waals surface area (Å²) in [5.74, 6) is 0.223. The Labute approximate surface area is 271 Å². The topological polar surface area (TPSA) is 0 Å². The van der Waals surface area contributed by atoms with Gasteiger partial charge in [0.25, 0.3) is 0 Å². The van der Waals surface area contributed by atoms with Crippen LogP contribution in [0.1, 0.15) is 35.1 Å². The van der Waals surface area contributed by atoms with Gasteiger partial charge in [-0.1, -0.05) is 152 Å². The van der Waals surface area contributed by atoms with Crippen LogP contribution in [0, 0.1) is 0 Å². The van der Waals surface area contributed by atoms with Gasteiger partial charge in [0.15, 0.2) is 0 Å². The van der Waals surface area contributed by atoms with Crippen molar-refractivity contribution in [2.45, 2.75) is 24.0 Å². The summed E-state index contributed by atoms with van der Waals surface area (Å²) in [5, 5.41) is 5.23. The molecule has 2 atom stereocenters. The monoisotopic (exact) mass is 594 g/mol. The van der Waals surface area contributed by atoms with E-state index in [0.717, 1.165) is 12.8 Å². The van der Waals surface area contributed by atoms with Crippen molar-refractivity contribution in [3.8, 4) is 44.5 Å². The molecule has 0 bridgehead atoms. The van der Waals surface area contributed by atoms with Crippen molar-refractivity contribution in [3.63, 3.8) is 0 Å². The Balaban J connectivity index is 1.77. The summed E-state index contributed by atoms with van der Waals surface area (Å²) in [6.45, 7) is 4.40. The van der Waals surface area contributed by atoms with Gasteiger partial charge in [-0.15, -0.1) is 6.58 Å². The van der Waals surface area contributed by atoms with Crippen LogP contribution in [0.5, 0.6) is 0 Å². The molecule has 1 aliphatic carbocycles. The third-order valence-corrected chi connectivity index (χ3v) is 10.1. The molecule has 0 saturated heterocycles. The lowest BCUT2D eigenvalue weighted by Gasteiger charge is -2.35. The molecule has 7 aromatic rings. The highest BCUT2D eigenvalue weighted by Crippen LogP contribution is 2.58. The van der Waals surface area contributed by atoms with Gasteiger partial charge in [-0.25, -0.2) is 0 Å². The van der Waals surface area contributed by atoms with Crippen LogP contribution in [0.15, 0.2) is 158 Å². The van der Waals surface area contributed by atoms with Crippen molar-refractivity contribution < 1.29 is 0 Å². The molecule has 0 spiro atoms. The molecular weight excluding hydrogens is 561 g/mol. The zero-order valence-corrected chi connectivity index (χ0v) is 26.1. The Morgan fingerprint density at radius 2 is 0.800 bits per heavy atom. The van der Waals surface area contributed by atoms with E-state index in [9.17, 15) is 0 Å². The maximum atomic E-state index is 5.38. The van der Waals surface area contributed by atoms with Gasteiger partial charge >= 0.3 is 0 Å². The van der Waals surface area contributed by atoms with Crippen LogP contribution >= 0.6 is 12.6 Å². The predicted octanol–water partition coefficient (Wildman–Crippen LogP) is 12.7. The summed E-state index contributed by atoms with van der Waals surface area (Å²) in [7, 11) is 0. The first-order valence-electron chi connectivity index (χ1n) is 15.9. The van der Waals surface area contributed by atoms with E-state index in [2.05, 4.69) is 158 Å². The molecule has 216 valence electrons. The number of thiol groups is 1. The first-order valence-corrected chi connectivity index (χ1v) is 16.4. The standard InChI is InChI=1S/C44H34S/c1-2-29-27-28-36(45)42-39(29)40(32-21-11-5-12-22-32)43-37(30-17-7-3-8-18-30)34-25-15-16-26-35(34)38(31-19-9-4-10-20-31)44(43)41(42)33-23-13-6-14-24-33/h2-26,29,36,45H,1,27-28H2. The van der Waals surface area contributed by atoms with E-state index >= 15 is 0 Å². The average Bonchev–Trinajstić information content (AvgIpc) is 3.11. The second kappa shape index (κ2) is 11.6. The fourth-order valence-corrected chi connectivity index (χ4v) is 8.11. The van der Waals surface area contributed by atoms with Crippen molar-refractivity contribution in [2.24, 2.45) is 0 Å². The van der Waals surface area contributed by atoms with Gasteiger partial charge in [0.2, 0.25) is 0 Å². The van der Waals surface area contributed by atoms with Crippen molar-refractivity contribution >= 4 is 34.2 Å². The van der Waals surface area contributed by atoms with Crippen LogP contribution in [0.4, 0.5) is 0 Å². The Hall–Kier alpha value is -4.85. The molecule has 0 saturated carbocycles. The van der Waals surface area contributed by atoms with E-state index in [1.54, 1.807) is 0 Å². The van der Waals surface area contributed by atoms with Crippen LogP contribution in [0.2, 0.25) is 0 Å². The smallest absolute Gasteiger partial charge is 0.0277 e. The summed E-state index contributed by atoms with van der Waals surface area (Å²) in [4.78, 5) is 0.